The van der Waals surface area contributed by atoms with Crippen molar-refractivity contribution in [2.45, 2.75) is 39.2 Å². The minimum absolute atomic E-state index is 0.500. The van der Waals surface area contributed by atoms with Crippen LogP contribution in [-0.4, -0.2) is 27.2 Å². The van der Waals surface area contributed by atoms with Crippen molar-refractivity contribution in [3.05, 3.63) is 18.1 Å². The molecule has 0 aliphatic carbocycles. The third-order valence-electron chi connectivity index (χ3n) is 2.31. The quantitative estimate of drug-likeness (QED) is 0.775. The van der Waals surface area contributed by atoms with Gasteiger partial charge in [-0.2, -0.15) is 0 Å². The number of nitrogens with zero attached hydrogens (tertiary/aromatic N) is 2. The van der Waals surface area contributed by atoms with E-state index in [0.717, 1.165) is 24.4 Å². The summed E-state index contributed by atoms with van der Waals surface area (Å²) in [6.45, 7) is 6.28. The third kappa shape index (κ3) is 3.83. The van der Waals surface area contributed by atoms with Gasteiger partial charge in [0.2, 0.25) is 0 Å². The number of hydrogen-bond donors (Lipinski definition) is 2. The van der Waals surface area contributed by atoms with E-state index in [1.54, 1.807) is 12.4 Å². The van der Waals surface area contributed by atoms with Gasteiger partial charge in [-0.25, -0.2) is 4.98 Å². The molecule has 1 rings (SSSR count). The van der Waals surface area contributed by atoms with Gasteiger partial charge in [-0.15, -0.1) is 0 Å². The number of aliphatic hydroxyl groups is 1. The zero-order chi connectivity index (χ0) is 11.3. The number of rotatable bonds is 5. The molecule has 0 radical (unpaired) electrons. The Morgan fingerprint density at radius 2 is 2.07 bits per heavy atom. The van der Waals surface area contributed by atoms with E-state index in [9.17, 15) is 5.11 Å². The Balaban J connectivity index is 2.53. The van der Waals surface area contributed by atoms with Gasteiger partial charge in [0, 0.05) is 18.9 Å². The van der Waals surface area contributed by atoms with Crippen LogP contribution >= 0.6 is 0 Å². The van der Waals surface area contributed by atoms with E-state index in [0.29, 0.717) is 6.54 Å². The van der Waals surface area contributed by atoms with Crippen LogP contribution in [0.2, 0.25) is 0 Å². The SMILES string of the molecule is CCCC(C)(O)CNc1nccnc1C. The summed E-state index contributed by atoms with van der Waals surface area (Å²) in [5.74, 6) is 0.744. The first-order valence-corrected chi connectivity index (χ1v) is 5.29. The Kier molecular flexibility index (Phi) is 4.03. The van der Waals surface area contributed by atoms with Crippen molar-refractivity contribution in [3.63, 3.8) is 0 Å². The summed E-state index contributed by atoms with van der Waals surface area (Å²) in [7, 11) is 0. The van der Waals surface area contributed by atoms with Gasteiger partial charge in [-0.05, 0) is 20.3 Å². The highest BCUT2D eigenvalue weighted by Crippen LogP contribution is 2.14. The molecule has 1 aromatic heterocycles. The summed E-state index contributed by atoms with van der Waals surface area (Å²) in [6, 6.07) is 0. The van der Waals surface area contributed by atoms with E-state index in [2.05, 4.69) is 22.2 Å². The molecule has 0 aliphatic heterocycles. The Hall–Kier alpha value is -1.16. The zero-order valence-electron chi connectivity index (χ0n) is 9.62. The van der Waals surface area contributed by atoms with Crippen LogP contribution in [0.4, 0.5) is 5.82 Å². The highest BCUT2D eigenvalue weighted by atomic mass is 16.3. The van der Waals surface area contributed by atoms with Crippen molar-refractivity contribution in [1.29, 1.82) is 0 Å². The maximum absolute atomic E-state index is 9.96. The zero-order valence-corrected chi connectivity index (χ0v) is 9.62. The Morgan fingerprint density at radius 1 is 1.40 bits per heavy atom. The summed E-state index contributed by atoms with van der Waals surface area (Å²) in [5.41, 5.74) is 0.170. The second-order valence-corrected chi connectivity index (χ2v) is 4.09. The van der Waals surface area contributed by atoms with E-state index in [4.69, 9.17) is 0 Å². The molecule has 0 amide bonds. The summed E-state index contributed by atoms with van der Waals surface area (Å²) in [4.78, 5) is 8.28. The highest BCUT2D eigenvalue weighted by Gasteiger charge is 2.18. The van der Waals surface area contributed by atoms with Crippen LogP contribution in [-0.2, 0) is 0 Å². The van der Waals surface area contributed by atoms with Crippen molar-refractivity contribution in [2.75, 3.05) is 11.9 Å². The topological polar surface area (TPSA) is 58.0 Å². The fraction of sp³-hybridized carbons (Fsp3) is 0.636. The largest absolute Gasteiger partial charge is 0.388 e. The molecule has 0 saturated carbocycles. The minimum Gasteiger partial charge on any atom is -0.388 e. The smallest absolute Gasteiger partial charge is 0.147 e. The predicted molar refractivity (Wildman–Crippen MR) is 60.8 cm³/mol. The monoisotopic (exact) mass is 209 g/mol. The van der Waals surface area contributed by atoms with Crippen LogP contribution in [0.3, 0.4) is 0 Å². The lowest BCUT2D eigenvalue weighted by Gasteiger charge is -2.23. The first kappa shape index (κ1) is 11.9. The van der Waals surface area contributed by atoms with Crippen LogP contribution in [0.25, 0.3) is 0 Å². The molecule has 0 spiro atoms. The molecular weight excluding hydrogens is 190 g/mol. The molecule has 0 saturated heterocycles. The van der Waals surface area contributed by atoms with Crippen molar-refractivity contribution in [1.82, 2.24) is 9.97 Å². The molecular formula is C11H19N3O. The van der Waals surface area contributed by atoms with Gasteiger partial charge in [0.1, 0.15) is 5.82 Å². The molecule has 1 aromatic rings. The van der Waals surface area contributed by atoms with Gasteiger partial charge in [-0.1, -0.05) is 13.3 Å². The van der Waals surface area contributed by atoms with Crippen molar-refractivity contribution >= 4 is 5.82 Å². The molecule has 1 heterocycles. The molecule has 15 heavy (non-hydrogen) atoms. The number of hydrogen-bond acceptors (Lipinski definition) is 4. The minimum atomic E-state index is -0.682. The molecule has 1 unspecified atom stereocenters. The molecule has 0 aliphatic rings. The number of anilines is 1. The highest BCUT2D eigenvalue weighted by molar-refractivity contribution is 5.38. The normalized spacial score (nSPS) is 14.7. The summed E-state index contributed by atoms with van der Waals surface area (Å²) in [6.07, 6.45) is 5.04. The molecule has 4 nitrogen and oxygen atoms in total. The number of nitrogens with one attached hydrogen (secondary N) is 1. The second kappa shape index (κ2) is 5.07. The molecule has 0 bridgehead atoms. The van der Waals surface area contributed by atoms with Crippen LogP contribution in [0.1, 0.15) is 32.4 Å². The van der Waals surface area contributed by atoms with Gasteiger partial charge >= 0.3 is 0 Å². The van der Waals surface area contributed by atoms with E-state index in [1.165, 1.54) is 0 Å². The van der Waals surface area contributed by atoms with Crippen LogP contribution in [0.15, 0.2) is 12.4 Å². The van der Waals surface area contributed by atoms with Gasteiger partial charge in [0.15, 0.2) is 0 Å². The molecule has 1 atom stereocenters. The van der Waals surface area contributed by atoms with E-state index in [1.807, 2.05) is 13.8 Å². The Bertz CT molecular complexity index is 312. The van der Waals surface area contributed by atoms with Gasteiger partial charge < -0.3 is 10.4 Å². The van der Waals surface area contributed by atoms with E-state index >= 15 is 0 Å². The Labute approximate surface area is 90.8 Å². The maximum atomic E-state index is 9.96. The lowest BCUT2D eigenvalue weighted by atomic mass is 10.0. The van der Waals surface area contributed by atoms with Crippen molar-refractivity contribution in [3.8, 4) is 0 Å². The predicted octanol–water partition coefficient (Wildman–Crippen LogP) is 1.75. The van der Waals surface area contributed by atoms with E-state index in [-0.39, 0.29) is 0 Å². The van der Waals surface area contributed by atoms with E-state index < -0.39 is 5.60 Å². The Morgan fingerprint density at radius 3 is 2.67 bits per heavy atom. The average Bonchev–Trinajstić information content (AvgIpc) is 2.16. The average molecular weight is 209 g/mol. The third-order valence-corrected chi connectivity index (χ3v) is 2.31. The fourth-order valence-corrected chi connectivity index (χ4v) is 1.48. The molecule has 0 aromatic carbocycles. The molecule has 0 fully saturated rings. The second-order valence-electron chi connectivity index (χ2n) is 4.09. The first-order chi connectivity index (χ1) is 7.05. The van der Waals surface area contributed by atoms with Crippen LogP contribution in [0.5, 0.6) is 0 Å². The first-order valence-electron chi connectivity index (χ1n) is 5.29. The summed E-state index contributed by atoms with van der Waals surface area (Å²) >= 11 is 0. The number of aromatic nitrogens is 2. The maximum Gasteiger partial charge on any atom is 0.147 e. The van der Waals surface area contributed by atoms with Gasteiger partial charge in [-0.3, -0.25) is 4.98 Å². The summed E-state index contributed by atoms with van der Waals surface area (Å²) in [5, 5.41) is 13.1. The van der Waals surface area contributed by atoms with Gasteiger partial charge in [0.25, 0.3) is 0 Å². The van der Waals surface area contributed by atoms with Crippen molar-refractivity contribution in [2.24, 2.45) is 0 Å². The summed E-state index contributed by atoms with van der Waals surface area (Å²) < 4.78 is 0. The standard InChI is InChI=1S/C11H19N3O/c1-4-5-11(3,15)8-14-10-9(2)12-6-7-13-10/h6-7,15H,4-5,8H2,1-3H3,(H,13,14). The molecule has 84 valence electrons. The molecule has 4 heteroatoms. The lowest BCUT2D eigenvalue weighted by molar-refractivity contribution is 0.0636. The van der Waals surface area contributed by atoms with Crippen LogP contribution < -0.4 is 5.32 Å². The van der Waals surface area contributed by atoms with Crippen molar-refractivity contribution < 1.29 is 5.11 Å². The number of aryl methyl sites for hydroxylation is 1. The van der Waals surface area contributed by atoms with Crippen LogP contribution in [0, 0.1) is 6.92 Å². The van der Waals surface area contributed by atoms with Gasteiger partial charge in [0.05, 0.1) is 11.3 Å². The molecule has 2 N–H and O–H groups in total. The fourth-order valence-electron chi connectivity index (χ4n) is 1.48. The lowest BCUT2D eigenvalue weighted by Crippen LogP contribution is -2.33.